The molecule has 0 bridgehead atoms. The first kappa shape index (κ1) is 22.0. The number of ether oxygens (including phenoxy) is 1. The Kier molecular flexibility index (Phi) is 11.6. The van der Waals surface area contributed by atoms with Crippen LogP contribution in [0, 0.1) is 11.8 Å². The third kappa shape index (κ3) is 9.27. The number of carbonyl (C=O) groups excluding carboxylic acids is 1. The molecular formula is C21H38O4. The van der Waals surface area contributed by atoms with Crippen LogP contribution in [0.1, 0.15) is 104 Å². The second-order valence-corrected chi connectivity index (χ2v) is 7.66. The van der Waals surface area contributed by atoms with Crippen LogP contribution in [0.15, 0.2) is 0 Å². The summed E-state index contributed by atoms with van der Waals surface area (Å²) in [6, 6.07) is 0. The summed E-state index contributed by atoms with van der Waals surface area (Å²) in [7, 11) is 0. The van der Waals surface area contributed by atoms with E-state index in [0.717, 1.165) is 38.5 Å². The molecule has 4 heteroatoms. The Bertz CT molecular complexity index is 380. The zero-order valence-corrected chi connectivity index (χ0v) is 16.3. The summed E-state index contributed by atoms with van der Waals surface area (Å²) in [5, 5.41) is 9.17. The average Bonchev–Trinajstić information content (AvgIpc) is 2.61. The van der Waals surface area contributed by atoms with E-state index in [9.17, 15) is 14.7 Å². The predicted octanol–water partition coefficient (Wildman–Crippen LogP) is 5.73. The topological polar surface area (TPSA) is 63.6 Å². The summed E-state index contributed by atoms with van der Waals surface area (Å²) in [6.07, 6.45) is 14.5. The molecule has 3 unspecified atom stereocenters. The van der Waals surface area contributed by atoms with E-state index >= 15 is 0 Å². The van der Waals surface area contributed by atoms with Crippen molar-refractivity contribution in [1.82, 2.24) is 0 Å². The van der Waals surface area contributed by atoms with Gasteiger partial charge in [0.05, 0.1) is 11.8 Å². The van der Waals surface area contributed by atoms with Crippen molar-refractivity contribution in [2.24, 2.45) is 11.8 Å². The quantitative estimate of drug-likeness (QED) is 0.339. The SMILES string of the molecule is CCCCCCCCCC(CCC)OC(=O)C1CCCC(C(=O)O)C1. The highest BCUT2D eigenvalue weighted by Gasteiger charge is 2.32. The van der Waals surface area contributed by atoms with E-state index in [1.54, 1.807) is 0 Å². The monoisotopic (exact) mass is 354 g/mol. The van der Waals surface area contributed by atoms with E-state index < -0.39 is 5.97 Å². The fourth-order valence-corrected chi connectivity index (χ4v) is 3.80. The number of carboxylic acid groups (broad SMARTS) is 1. The minimum Gasteiger partial charge on any atom is -0.481 e. The first-order chi connectivity index (χ1) is 12.1. The second kappa shape index (κ2) is 13.2. The largest absolute Gasteiger partial charge is 0.481 e. The van der Waals surface area contributed by atoms with Gasteiger partial charge in [-0.1, -0.05) is 65.2 Å². The summed E-state index contributed by atoms with van der Waals surface area (Å²) in [4.78, 5) is 23.6. The lowest BCUT2D eigenvalue weighted by Crippen LogP contribution is -2.31. The maximum Gasteiger partial charge on any atom is 0.309 e. The van der Waals surface area contributed by atoms with Gasteiger partial charge in [0.15, 0.2) is 0 Å². The molecule has 1 N–H and O–H groups in total. The molecule has 0 amide bonds. The molecule has 0 aromatic heterocycles. The van der Waals surface area contributed by atoms with E-state index in [-0.39, 0.29) is 23.9 Å². The van der Waals surface area contributed by atoms with Crippen LogP contribution in [0.25, 0.3) is 0 Å². The molecule has 0 aliphatic heterocycles. The van der Waals surface area contributed by atoms with Gasteiger partial charge in [-0.05, 0) is 38.5 Å². The molecule has 1 aliphatic carbocycles. The molecule has 146 valence electrons. The first-order valence-corrected chi connectivity index (χ1v) is 10.5. The molecule has 25 heavy (non-hydrogen) atoms. The zero-order valence-electron chi connectivity index (χ0n) is 16.3. The zero-order chi connectivity index (χ0) is 18.5. The molecule has 1 fully saturated rings. The highest BCUT2D eigenvalue weighted by Crippen LogP contribution is 2.31. The van der Waals surface area contributed by atoms with E-state index in [2.05, 4.69) is 13.8 Å². The smallest absolute Gasteiger partial charge is 0.309 e. The molecular weight excluding hydrogens is 316 g/mol. The first-order valence-electron chi connectivity index (χ1n) is 10.5. The minimum absolute atomic E-state index is 0.0124. The Morgan fingerprint density at radius 2 is 1.56 bits per heavy atom. The van der Waals surface area contributed by atoms with Gasteiger partial charge < -0.3 is 9.84 Å². The van der Waals surface area contributed by atoms with Crippen molar-refractivity contribution in [2.45, 2.75) is 110 Å². The normalized spacial score (nSPS) is 21.7. The van der Waals surface area contributed by atoms with Gasteiger partial charge in [0.25, 0.3) is 0 Å². The van der Waals surface area contributed by atoms with E-state index in [4.69, 9.17) is 4.74 Å². The standard InChI is InChI=1S/C21H38O4/c1-3-5-6-7-8-9-10-15-19(12-4-2)25-21(24)18-14-11-13-17(16-18)20(22)23/h17-19H,3-16H2,1-2H3,(H,22,23). The van der Waals surface area contributed by atoms with Crippen LogP contribution in [0.5, 0.6) is 0 Å². The van der Waals surface area contributed by atoms with Gasteiger partial charge >= 0.3 is 11.9 Å². The van der Waals surface area contributed by atoms with Crippen molar-refractivity contribution in [3.63, 3.8) is 0 Å². The molecule has 0 heterocycles. The Morgan fingerprint density at radius 1 is 0.920 bits per heavy atom. The second-order valence-electron chi connectivity index (χ2n) is 7.66. The number of unbranched alkanes of at least 4 members (excludes halogenated alkanes) is 6. The molecule has 0 radical (unpaired) electrons. The van der Waals surface area contributed by atoms with Crippen molar-refractivity contribution in [2.75, 3.05) is 0 Å². The van der Waals surface area contributed by atoms with Crippen molar-refractivity contribution in [3.8, 4) is 0 Å². The summed E-state index contributed by atoms with van der Waals surface area (Å²) in [5.41, 5.74) is 0. The van der Waals surface area contributed by atoms with E-state index in [1.165, 1.54) is 38.5 Å². The van der Waals surface area contributed by atoms with E-state index in [1.807, 2.05) is 0 Å². The van der Waals surface area contributed by atoms with Gasteiger partial charge in [-0.25, -0.2) is 0 Å². The molecule has 1 rings (SSSR count). The number of hydrogen-bond acceptors (Lipinski definition) is 3. The van der Waals surface area contributed by atoms with Crippen LogP contribution < -0.4 is 0 Å². The van der Waals surface area contributed by atoms with Gasteiger partial charge in [-0.2, -0.15) is 0 Å². The fraction of sp³-hybridized carbons (Fsp3) is 0.905. The lowest BCUT2D eigenvalue weighted by atomic mass is 9.81. The summed E-state index contributed by atoms with van der Waals surface area (Å²) >= 11 is 0. The van der Waals surface area contributed by atoms with Crippen molar-refractivity contribution in [3.05, 3.63) is 0 Å². The van der Waals surface area contributed by atoms with Crippen LogP contribution in [0.2, 0.25) is 0 Å². The molecule has 1 saturated carbocycles. The number of esters is 1. The molecule has 1 aliphatic rings. The van der Waals surface area contributed by atoms with Gasteiger partial charge in [0.2, 0.25) is 0 Å². The lowest BCUT2D eigenvalue weighted by Gasteiger charge is -2.27. The Balaban J connectivity index is 2.30. The fourth-order valence-electron chi connectivity index (χ4n) is 3.80. The van der Waals surface area contributed by atoms with Crippen molar-refractivity contribution < 1.29 is 19.4 Å². The highest BCUT2D eigenvalue weighted by atomic mass is 16.5. The van der Waals surface area contributed by atoms with Crippen molar-refractivity contribution in [1.29, 1.82) is 0 Å². The molecule has 3 atom stereocenters. The molecule has 0 spiro atoms. The molecule has 0 saturated heterocycles. The van der Waals surface area contributed by atoms with Crippen molar-refractivity contribution >= 4 is 11.9 Å². The predicted molar refractivity (Wildman–Crippen MR) is 100 cm³/mol. The number of aliphatic carboxylic acids is 1. The molecule has 0 aromatic carbocycles. The summed E-state index contributed by atoms with van der Waals surface area (Å²) < 4.78 is 5.77. The van der Waals surface area contributed by atoms with Gasteiger partial charge in [-0.3, -0.25) is 9.59 Å². The molecule has 0 aromatic rings. The third-order valence-electron chi connectivity index (χ3n) is 5.38. The Morgan fingerprint density at radius 3 is 2.20 bits per heavy atom. The molecule has 4 nitrogen and oxygen atoms in total. The lowest BCUT2D eigenvalue weighted by molar-refractivity contribution is -0.157. The van der Waals surface area contributed by atoms with Crippen LogP contribution in [0.3, 0.4) is 0 Å². The highest BCUT2D eigenvalue weighted by molar-refractivity contribution is 5.75. The average molecular weight is 355 g/mol. The van der Waals surface area contributed by atoms with Crippen LogP contribution >= 0.6 is 0 Å². The van der Waals surface area contributed by atoms with Crippen LogP contribution in [-0.2, 0) is 14.3 Å². The number of rotatable bonds is 13. The Labute approximate surface area is 153 Å². The third-order valence-corrected chi connectivity index (χ3v) is 5.38. The van der Waals surface area contributed by atoms with Gasteiger partial charge in [-0.15, -0.1) is 0 Å². The van der Waals surface area contributed by atoms with Crippen LogP contribution in [0.4, 0.5) is 0 Å². The maximum absolute atomic E-state index is 12.4. The number of hydrogen-bond donors (Lipinski definition) is 1. The van der Waals surface area contributed by atoms with E-state index in [0.29, 0.717) is 12.8 Å². The summed E-state index contributed by atoms with van der Waals surface area (Å²) in [5.74, 6) is -1.53. The van der Waals surface area contributed by atoms with Crippen LogP contribution in [-0.4, -0.2) is 23.1 Å². The minimum atomic E-state index is -0.773. The maximum atomic E-state index is 12.4. The number of carboxylic acids is 1. The van der Waals surface area contributed by atoms with Gasteiger partial charge in [0, 0.05) is 0 Å². The van der Waals surface area contributed by atoms with Gasteiger partial charge in [0.1, 0.15) is 6.10 Å². The number of carbonyl (C=O) groups is 2. The summed E-state index contributed by atoms with van der Waals surface area (Å²) in [6.45, 7) is 4.35. The Hall–Kier alpha value is -1.06.